The largest absolute Gasteiger partial charge is 0.352 e. The van der Waals surface area contributed by atoms with E-state index >= 15 is 0 Å². The van der Waals surface area contributed by atoms with Crippen LogP contribution in [0.1, 0.15) is 48.8 Å². The van der Waals surface area contributed by atoms with Gasteiger partial charge in [-0.2, -0.15) is 0 Å². The number of carbonyl (C=O) groups is 2. The van der Waals surface area contributed by atoms with Crippen LogP contribution in [0.2, 0.25) is 0 Å². The molecule has 1 aromatic heterocycles. The number of hydrogen-bond donors (Lipinski definition) is 2. The minimum Gasteiger partial charge on any atom is -0.352 e. The smallest absolute Gasteiger partial charge is 0.295 e. The lowest BCUT2D eigenvalue weighted by Crippen LogP contribution is -2.29. The zero-order chi connectivity index (χ0) is 23.5. The van der Waals surface area contributed by atoms with Crippen LogP contribution in [0.15, 0.2) is 59.4 Å². The van der Waals surface area contributed by atoms with Gasteiger partial charge in [-0.3, -0.25) is 19.1 Å². The molecular formula is C25H30N4O3. The molecule has 2 N–H and O–H groups in total. The maximum absolute atomic E-state index is 12.9. The lowest BCUT2D eigenvalue weighted by molar-refractivity contribution is -0.116. The van der Waals surface area contributed by atoms with Crippen molar-refractivity contribution in [3.8, 4) is 5.69 Å². The molecule has 0 saturated heterocycles. The highest BCUT2D eigenvalue weighted by atomic mass is 16.2. The van der Waals surface area contributed by atoms with Gasteiger partial charge in [-0.25, -0.2) is 4.68 Å². The van der Waals surface area contributed by atoms with Gasteiger partial charge in [0.2, 0.25) is 5.91 Å². The van der Waals surface area contributed by atoms with Gasteiger partial charge in [0.25, 0.3) is 11.5 Å². The molecule has 7 heteroatoms. The molecule has 3 aromatic rings. The first kappa shape index (κ1) is 23.1. The molecule has 32 heavy (non-hydrogen) atoms. The fourth-order valence-electron chi connectivity index (χ4n) is 3.43. The van der Waals surface area contributed by atoms with Crippen molar-refractivity contribution in [1.29, 1.82) is 0 Å². The van der Waals surface area contributed by atoms with Gasteiger partial charge < -0.3 is 10.6 Å². The van der Waals surface area contributed by atoms with Gasteiger partial charge in [-0.15, -0.1) is 0 Å². The Morgan fingerprint density at radius 2 is 1.59 bits per heavy atom. The third kappa shape index (κ3) is 4.99. The fraction of sp³-hybridized carbons (Fsp3) is 0.320. The first-order chi connectivity index (χ1) is 15.1. The van der Waals surface area contributed by atoms with Crippen LogP contribution in [0, 0.1) is 6.92 Å². The lowest BCUT2D eigenvalue weighted by Gasteiger charge is -2.19. The van der Waals surface area contributed by atoms with E-state index in [0.29, 0.717) is 16.9 Å². The van der Waals surface area contributed by atoms with Crippen molar-refractivity contribution >= 4 is 17.5 Å². The molecule has 0 bridgehead atoms. The standard InChI is InChI=1S/C25H30N4O3/c1-17-22(24(32)29(28(17)5)20-9-7-6-8-10-20)27-21(30)15-16-26-23(31)18-11-13-19(14-12-18)25(2,3)4/h6-14H,15-16H2,1-5H3,(H,26,31)(H,27,30). The third-order valence-electron chi connectivity index (χ3n) is 5.47. The molecule has 0 aliphatic heterocycles. The number of nitrogens with one attached hydrogen (secondary N) is 2. The molecule has 0 unspecified atom stereocenters. The molecular weight excluding hydrogens is 404 g/mol. The Morgan fingerprint density at radius 1 is 0.969 bits per heavy atom. The van der Waals surface area contributed by atoms with Crippen LogP contribution in [0.4, 0.5) is 5.69 Å². The summed E-state index contributed by atoms with van der Waals surface area (Å²) in [5.41, 5.74) is 3.01. The van der Waals surface area contributed by atoms with Crippen LogP contribution in [0.3, 0.4) is 0 Å². The number of carbonyl (C=O) groups excluding carboxylic acids is 2. The summed E-state index contributed by atoms with van der Waals surface area (Å²) in [6, 6.07) is 16.7. The highest BCUT2D eigenvalue weighted by Gasteiger charge is 2.18. The summed E-state index contributed by atoms with van der Waals surface area (Å²) in [6.07, 6.45) is 0.0604. The average molecular weight is 435 g/mol. The number of nitrogens with zero attached hydrogens (tertiary/aromatic N) is 2. The summed E-state index contributed by atoms with van der Waals surface area (Å²) in [7, 11) is 1.77. The van der Waals surface area contributed by atoms with E-state index in [1.54, 1.807) is 30.8 Å². The maximum atomic E-state index is 12.9. The highest BCUT2D eigenvalue weighted by Crippen LogP contribution is 2.22. The number of anilines is 1. The Morgan fingerprint density at radius 3 is 2.19 bits per heavy atom. The van der Waals surface area contributed by atoms with E-state index in [-0.39, 0.29) is 41.4 Å². The van der Waals surface area contributed by atoms with Crippen molar-refractivity contribution in [2.45, 2.75) is 39.5 Å². The Bertz CT molecular complexity index is 1170. The van der Waals surface area contributed by atoms with E-state index in [4.69, 9.17) is 0 Å². The van der Waals surface area contributed by atoms with Crippen LogP contribution >= 0.6 is 0 Å². The number of para-hydroxylation sites is 1. The van der Waals surface area contributed by atoms with Crippen LogP contribution in [-0.4, -0.2) is 27.7 Å². The molecule has 0 radical (unpaired) electrons. The minimum atomic E-state index is -0.334. The normalized spacial score (nSPS) is 11.3. The number of rotatable bonds is 6. The lowest BCUT2D eigenvalue weighted by atomic mass is 9.87. The minimum absolute atomic E-state index is 0.0156. The van der Waals surface area contributed by atoms with E-state index in [2.05, 4.69) is 31.4 Å². The molecule has 3 rings (SSSR count). The summed E-state index contributed by atoms with van der Waals surface area (Å²) in [5, 5.41) is 5.46. The first-order valence-corrected chi connectivity index (χ1v) is 10.6. The molecule has 0 aliphatic carbocycles. The summed E-state index contributed by atoms with van der Waals surface area (Å²) < 4.78 is 3.21. The van der Waals surface area contributed by atoms with Crippen LogP contribution < -0.4 is 16.2 Å². The van der Waals surface area contributed by atoms with Gasteiger partial charge in [0, 0.05) is 25.6 Å². The van der Waals surface area contributed by atoms with Gasteiger partial charge in [-0.1, -0.05) is 51.1 Å². The van der Waals surface area contributed by atoms with Gasteiger partial charge in [-0.05, 0) is 42.2 Å². The number of benzene rings is 2. The van der Waals surface area contributed by atoms with Gasteiger partial charge in [0.05, 0.1) is 11.4 Å². The van der Waals surface area contributed by atoms with E-state index in [0.717, 1.165) is 5.56 Å². The maximum Gasteiger partial charge on any atom is 0.295 e. The number of amides is 2. The second kappa shape index (κ2) is 9.26. The molecule has 0 aliphatic rings. The zero-order valence-electron chi connectivity index (χ0n) is 19.2. The van der Waals surface area contributed by atoms with E-state index in [9.17, 15) is 14.4 Å². The summed E-state index contributed by atoms with van der Waals surface area (Å²) in [4.78, 5) is 37.7. The second-order valence-corrected chi connectivity index (χ2v) is 8.82. The van der Waals surface area contributed by atoms with E-state index in [1.807, 2.05) is 42.5 Å². The first-order valence-electron chi connectivity index (χ1n) is 10.6. The second-order valence-electron chi connectivity index (χ2n) is 8.82. The van der Waals surface area contributed by atoms with Crippen molar-refractivity contribution in [1.82, 2.24) is 14.7 Å². The quantitative estimate of drug-likeness (QED) is 0.622. The van der Waals surface area contributed by atoms with Crippen molar-refractivity contribution < 1.29 is 9.59 Å². The Hall–Kier alpha value is -3.61. The van der Waals surface area contributed by atoms with Crippen molar-refractivity contribution in [3.63, 3.8) is 0 Å². The molecule has 1 heterocycles. The summed E-state index contributed by atoms with van der Waals surface area (Å²) >= 11 is 0. The Labute approximate surface area is 188 Å². The predicted molar refractivity (Wildman–Crippen MR) is 126 cm³/mol. The van der Waals surface area contributed by atoms with Crippen molar-refractivity contribution in [3.05, 3.63) is 81.8 Å². The van der Waals surface area contributed by atoms with Gasteiger partial charge in [0.15, 0.2) is 0 Å². The van der Waals surface area contributed by atoms with E-state index < -0.39 is 0 Å². The Balaban J connectivity index is 1.60. The average Bonchev–Trinajstić information content (AvgIpc) is 2.97. The molecule has 0 spiro atoms. The van der Waals surface area contributed by atoms with Crippen molar-refractivity contribution in [2.75, 3.05) is 11.9 Å². The SMILES string of the molecule is Cc1c(NC(=O)CCNC(=O)c2ccc(C(C)(C)C)cc2)c(=O)n(-c2ccccc2)n1C. The van der Waals surface area contributed by atoms with Crippen LogP contribution in [0.5, 0.6) is 0 Å². The van der Waals surface area contributed by atoms with Crippen LogP contribution in [0.25, 0.3) is 5.69 Å². The molecule has 2 amide bonds. The molecule has 168 valence electrons. The molecule has 0 fully saturated rings. The highest BCUT2D eigenvalue weighted by molar-refractivity contribution is 5.95. The van der Waals surface area contributed by atoms with Gasteiger partial charge in [0.1, 0.15) is 5.69 Å². The van der Waals surface area contributed by atoms with Crippen LogP contribution in [-0.2, 0) is 17.3 Å². The third-order valence-corrected chi connectivity index (χ3v) is 5.47. The summed E-state index contributed by atoms with van der Waals surface area (Å²) in [6.45, 7) is 8.29. The van der Waals surface area contributed by atoms with E-state index in [1.165, 1.54) is 4.68 Å². The predicted octanol–water partition coefficient (Wildman–Crippen LogP) is 3.54. The fourth-order valence-corrected chi connectivity index (χ4v) is 3.43. The molecule has 2 aromatic carbocycles. The van der Waals surface area contributed by atoms with Gasteiger partial charge >= 0.3 is 0 Å². The number of aromatic nitrogens is 2. The van der Waals surface area contributed by atoms with Crippen molar-refractivity contribution in [2.24, 2.45) is 7.05 Å². The molecule has 0 saturated carbocycles. The number of hydrogen-bond acceptors (Lipinski definition) is 3. The topological polar surface area (TPSA) is 85.1 Å². The summed E-state index contributed by atoms with van der Waals surface area (Å²) in [5.74, 6) is -0.569. The zero-order valence-corrected chi connectivity index (χ0v) is 19.2. The molecule has 7 nitrogen and oxygen atoms in total. The Kier molecular flexibility index (Phi) is 6.67. The molecule has 0 atom stereocenters. The monoisotopic (exact) mass is 434 g/mol.